The van der Waals surface area contributed by atoms with Crippen LogP contribution in [0.2, 0.25) is 0 Å². The van der Waals surface area contributed by atoms with E-state index in [0.717, 1.165) is 39.3 Å². The van der Waals surface area contributed by atoms with Gasteiger partial charge in [0.1, 0.15) is 5.82 Å². The molecule has 0 saturated heterocycles. The van der Waals surface area contributed by atoms with Crippen molar-refractivity contribution in [2.75, 3.05) is 32.9 Å². The van der Waals surface area contributed by atoms with Crippen LogP contribution in [0.15, 0.2) is 48.7 Å². The van der Waals surface area contributed by atoms with E-state index in [9.17, 15) is 4.79 Å². The van der Waals surface area contributed by atoms with Crippen LogP contribution in [0.3, 0.4) is 0 Å². The van der Waals surface area contributed by atoms with Crippen molar-refractivity contribution in [3.05, 3.63) is 54.4 Å². The Kier molecular flexibility index (Phi) is 4.67. The van der Waals surface area contributed by atoms with Crippen molar-refractivity contribution in [1.29, 1.82) is 0 Å². The molecular formula is C21H22N6O. The van der Waals surface area contributed by atoms with E-state index < -0.39 is 0 Å². The Hall–Kier alpha value is -3.45. The Morgan fingerprint density at radius 2 is 1.86 bits per heavy atom. The summed E-state index contributed by atoms with van der Waals surface area (Å²) in [5, 5.41) is 12.8. The van der Waals surface area contributed by atoms with Gasteiger partial charge in [0.05, 0.1) is 5.52 Å². The van der Waals surface area contributed by atoms with Crippen LogP contribution >= 0.6 is 0 Å². The van der Waals surface area contributed by atoms with Crippen LogP contribution < -0.4 is 11.1 Å². The molecule has 0 unspecified atom stereocenters. The van der Waals surface area contributed by atoms with E-state index in [4.69, 9.17) is 5.73 Å². The molecule has 142 valence electrons. The highest BCUT2D eigenvalue weighted by molar-refractivity contribution is 6.06. The number of aromatic nitrogens is 3. The monoisotopic (exact) mass is 374 g/mol. The normalized spacial score (nSPS) is 11.4. The number of aromatic amines is 1. The van der Waals surface area contributed by atoms with Gasteiger partial charge in [0.25, 0.3) is 5.91 Å². The van der Waals surface area contributed by atoms with Crippen molar-refractivity contribution in [2.45, 2.75) is 0 Å². The molecule has 2 aromatic heterocycles. The number of nitrogens with one attached hydrogen (secondary N) is 2. The van der Waals surface area contributed by atoms with Crippen LogP contribution in [0.25, 0.3) is 32.8 Å². The molecule has 7 nitrogen and oxygen atoms in total. The van der Waals surface area contributed by atoms with Crippen LogP contribution in [0.1, 0.15) is 10.5 Å². The zero-order chi connectivity index (χ0) is 19.7. The number of fused-ring (bicyclic) bond motifs is 2. The number of hydrogen-bond acceptors (Lipinski definition) is 5. The Bertz CT molecular complexity index is 1160. The molecule has 2 aromatic carbocycles. The molecule has 0 atom stereocenters. The van der Waals surface area contributed by atoms with Gasteiger partial charge in [0, 0.05) is 30.1 Å². The Balaban J connectivity index is 1.69. The summed E-state index contributed by atoms with van der Waals surface area (Å²) in [6.07, 6.45) is 1.70. The fourth-order valence-electron chi connectivity index (χ4n) is 3.21. The van der Waals surface area contributed by atoms with E-state index in [2.05, 4.69) is 20.5 Å². The van der Waals surface area contributed by atoms with Crippen LogP contribution in [0.5, 0.6) is 0 Å². The summed E-state index contributed by atoms with van der Waals surface area (Å²) in [6, 6.07) is 13.9. The van der Waals surface area contributed by atoms with Crippen molar-refractivity contribution in [2.24, 2.45) is 0 Å². The van der Waals surface area contributed by atoms with Gasteiger partial charge in [-0.25, -0.2) is 4.98 Å². The first kappa shape index (κ1) is 17.9. The van der Waals surface area contributed by atoms with Gasteiger partial charge in [-0.2, -0.15) is 5.10 Å². The maximum atomic E-state index is 12.5. The average molecular weight is 374 g/mol. The molecule has 0 spiro atoms. The number of nitrogen functional groups attached to an aromatic ring is 1. The Morgan fingerprint density at radius 3 is 2.64 bits per heavy atom. The van der Waals surface area contributed by atoms with E-state index in [1.165, 1.54) is 0 Å². The molecule has 1 amide bonds. The summed E-state index contributed by atoms with van der Waals surface area (Å²) >= 11 is 0. The largest absolute Gasteiger partial charge is 0.383 e. The molecular weight excluding hydrogens is 352 g/mol. The lowest BCUT2D eigenvalue weighted by Gasteiger charge is -2.09. The molecule has 0 aliphatic rings. The number of pyridine rings is 1. The molecule has 2 heterocycles. The van der Waals surface area contributed by atoms with Crippen molar-refractivity contribution in [3.63, 3.8) is 0 Å². The van der Waals surface area contributed by atoms with Crippen molar-refractivity contribution in [1.82, 2.24) is 25.4 Å². The fraction of sp³-hybridized carbons (Fsp3) is 0.190. The highest BCUT2D eigenvalue weighted by atomic mass is 16.1. The van der Waals surface area contributed by atoms with Gasteiger partial charge in [-0.15, -0.1) is 0 Å². The number of amides is 1. The standard InChI is InChI=1S/C21H22N6O/c1-27(2)10-9-24-21(28)19-17-12-15(5-6-18(17)25-26-19)14-4-3-13-7-8-23-20(22)16(13)11-14/h3-8,11-12H,9-10H2,1-2H3,(H2,22,23)(H,24,28)(H,25,26). The van der Waals surface area contributed by atoms with Crippen LogP contribution in [-0.4, -0.2) is 53.2 Å². The number of anilines is 1. The van der Waals surface area contributed by atoms with Crippen molar-refractivity contribution >= 4 is 33.4 Å². The van der Waals surface area contributed by atoms with E-state index in [0.29, 0.717) is 18.1 Å². The first-order chi connectivity index (χ1) is 13.5. The summed E-state index contributed by atoms with van der Waals surface area (Å²) in [5.74, 6) is 0.321. The summed E-state index contributed by atoms with van der Waals surface area (Å²) in [6.45, 7) is 1.34. The number of benzene rings is 2. The number of nitrogens with two attached hydrogens (primary N) is 1. The number of hydrogen-bond donors (Lipinski definition) is 3. The van der Waals surface area contributed by atoms with Gasteiger partial charge in [-0.05, 0) is 54.9 Å². The Labute approximate surface area is 162 Å². The predicted octanol–water partition coefficient (Wildman–Crippen LogP) is 2.65. The predicted molar refractivity (Wildman–Crippen MR) is 112 cm³/mol. The minimum Gasteiger partial charge on any atom is -0.383 e. The highest BCUT2D eigenvalue weighted by Crippen LogP contribution is 2.29. The second-order valence-corrected chi connectivity index (χ2v) is 7.02. The lowest BCUT2D eigenvalue weighted by molar-refractivity contribution is 0.0947. The number of H-pyrrole nitrogens is 1. The molecule has 0 fully saturated rings. The summed E-state index contributed by atoms with van der Waals surface area (Å²) < 4.78 is 0. The Morgan fingerprint density at radius 1 is 1.11 bits per heavy atom. The number of rotatable bonds is 5. The van der Waals surface area contributed by atoms with Gasteiger partial charge in [0.2, 0.25) is 0 Å². The molecule has 4 rings (SSSR count). The second kappa shape index (κ2) is 7.28. The summed E-state index contributed by atoms with van der Waals surface area (Å²) in [7, 11) is 3.93. The summed E-state index contributed by atoms with van der Waals surface area (Å²) in [4.78, 5) is 18.7. The lowest BCUT2D eigenvalue weighted by atomic mass is 10.00. The number of likely N-dealkylation sites (N-methyl/N-ethyl adjacent to an activating group) is 1. The number of carbonyl (C=O) groups is 1. The van der Waals surface area contributed by atoms with Gasteiger partial charge in [-0.1, -0.05) is 18.2 Å². The third-order valence-electron chi connectivity index (χ3n) is 4.75. The number of nitrogens with zero attached hydrogens (tertiary/aromatic N) is 3. The van der Waals surface area contributed by atoms with Gasteiger partial charge < -0.3 is 16.0 Å². The molecule has 0 aliphatic heterocycles. The minimum absolute atomic E-state index is 0.183. The molecule has 0 aliphatic carbocycles. The first-order valence-electron chi connectivity index (χ1n) is 9.08. The molecule has 0 saturated carbocycles. The van der Waals surface area contributed by atoms with E-state index >= 15 is 0 Å². The molecule has 4 aromatic rings. The third kappa shape index (κ3) is 3.39. The van der Waals surface area contributed by atoms with Crippen LogP contribution in [0, 0.1) is 0 Å². The zero-order valence-electron chi connectivity index (χ0n) is 15.9. The van der Waals surface area contributed by atoms with Crippen molar-refractivity contribution < 1.29 is 4.79 Å². The lowest BCUT2D eigenvalue weighted by Crippen LogP contribution is -2.31. The maximum absolute atomic E-state index is 12.5. The molecule has 7 heteroatoms. The second-order valence-electron chi connectivity index (χ2n) is 7.02. The van der Waals surface area contributed by atoms with Crippen molar-refractivity contribution in [3.8, 4) is 11.1 Å². The average Bonchev–Trinajstić information content (AvgIpc) is 3.11. The molecule has 0 bridgehead atoms. The molecule has 0 radical (unpaired) electrons. The van der Waals surface area contributed by atoms with E-state index in [1.807, 2.05) is 61.5 Å². The zero-order valence-corrected chi connectivity index (χ0v) is 15.9. The minimum atomic E-state index is -0.183. The van der Waals surface area contributed by atoms with Crippen LogP contribution in [-0.2, 0) is 0 Å². The SMILES string of the molecule is CN(C)CCNC(=O)c1n[nH]c2ccc(-c3ccc4ccnc(N)c4c3)cc12. The maximum Gasteiger partial charge on any atom is 0.272 e. The summed E-state index contributed by atoms with van der Waals surface area (Å²) in [5.41, 5.74) is 9.25. The van der Waals surface area contributed by atoms with Gasteiger partial charge >= 0.3 is 0 Å². The quantitative estimate of drug-likeness (QED) is 0.499. The molecule has 4 N–H and O–H groups in total. The van der Waals surface area contributed by atoms with Gasteiger partial charge in [-0.3, -0.25) is 9.89 Å². The fourth-order valence-corrected chi connectivity index (χ4v) is 3.21. The third-order valence-corrected chi connectivity index (χ3v) is 4.75. The molecule has 28 heavy (non-hydrogen) atoms. The topological polar surface area (TPSA) is 99.9 Å². The smallest absolute Gasteiger partial charge is 0.272 e. The highest BCUT2D eigenvalue weighted by Gasteiger charge is 2.15. The number of carbonyl (C=O) groups excluding carboxylic acids is 1. The van der Waals surface area contributed by atoms with Crippen LogP contribution in [0.4, 0.5) is 5.82 Å². The van der Waals surface area contributed by atoms with E-state index in [1.54, 1.807) is 6.20 Å². The first-order valence-corrected chi connectivity index (χ1v) is 9.08. The van der Waals surface area contributed by atoms with E-state index in [-0.39, 0.29) is 5.91 Å². The van der Waals surface area contributed by atoms with Gasteiger partial charge in [0.15, 0.2) is 5.69 Å².